The molecule has 0 unspecified atom stereocenters. The Balaban J connectivity index is 1.37. The SMILES string of the molecule is Cc1ccc([C@@H]([C@H](O)C(=O)c2c[nH]c3ccccc23)N2CCC(Cc3ccccc3)CC2)cc1. The number of hydrogen-bond donors (Lipinski definition) is 2. The van der Waals surface area contributed by atoms with Gasteiger partial charge in [0.1, 0.15) is 6.10 Å². The summed E-state index contributed by atoms with van der Waals surface area (Å²) in [5, 5.41) is 12.3. The van der Waals surface area contributed by atoms with Crippen LogP contribution in [0.25, 0.3) is 10.9 Å². The third-order valence-corrected chi connectivity index (χ3v) is 7.25. The molecule has 2 atom stereocenters. The van der Waals surface area contributed by atoms with Crippen LogP contribution in [0.1, 0.15) is 45.9 Å². The van der Waals surface area contributed by atoms with E-state index in [0.717, 1.165) is 48.8 Å². The Morgan fingerprint density at radius 1 is 0.971 bits per heavy atom. The summed E-state index contributed by atoms with van der Waals surface area (Å²) in [7, 11) is 0. The van der Waals surface area contributed by atoms with Crippen molar-refractivity contribution in [1.82, 2.24) is 9.88 Å². The van der Waals surface area contributed by atoms with Crippen molar-refractivity contribution >= 4 is 16.7 Å². The number of likely N-dealkylation sites (tertiary alicyclic amines) is 1. The standard InChI is InChI=1S/C30H32N2O2/c1-21-11-13-24(14-12-21)28(30(34)29(33)26-20-31-27-10-6-5-9-25(26)27)32-17-15-23(16-18-32)19-22-7-3-2-4-8-22/h2-14,20,23,28,30-31,34H,15-19H2,1H3/t28-,30-/m0/s1. The van der Waals surface area contributed by atoms with E-state index in [0.29, 0.717) is 11.5 Å². The third kappa shape index (κ3) is 4.70. The van der Waals surface area contributed by atoms with Gasteiger partial charge < -0.3 is 10.1 Å². The molecule has 4 nitrogen and oxygen atoms in total. The number of nitrogens with zero attached hydrogens (tertiary/aromatic N) is 1. The maximum Gasteiger partial charge on any atom is 0.195 e. The number of benzene rings is 3. The highest BCUT2D eigenvalue weighted by Crippen LogP contribution is 2.33. The third-order valence-electron chi connectivity index (χ3n) is 7.25. The van der Waals surface area contributed by atoms with Gasteiger partial charge in [0, 0.05) is 22.7 Å². The Hall–Kier alpha value is -3.21. The molecule has 34 heavy (non-hydrogen) atoms. The zero-order valence-corrected chi connectivity index (χ0v) is 19.7. The number of fused-ring (bicyclic) bond motifs is 1. The van der Waals surface area contributed by atoms with E-state index in [2.05, 4.69) is 71.4 Å². The van der Waals surface area contributed by atoms with Crippen molar-refractivity contribution < 1.29 is 9.90 Å². The molecule has 1 aliphatic heterocycles. The second-order valence-electron chi connectivity index (χ2n) is 9.58. The maximum atomic E-state index is 13.6. The molecule has 3 aromatic carbocycles. The Morgan fingerprint density at radius 2 is 1.65 bits per heavy atom. The molecule has 0 saturated carbocycles. The number of carbonyl (C=O) groups excluding carboxylic acids is 1. The number of rotatable bonds is 7. The van der Waals surface area contributed by atoms with E-state index in [1.54, 1.807) is 6.20 Å². The fourth-order valence-electron chi connectivity index (χ4n) is 5.32. The molecule has 1 saturated heterocycles. The van der Waals surface area contributed by atoms with Crippen LogP contribution in [0.4, 0.5) is 0 Å². The molecular formula is C30H32N2O2. The predicted molar refractivity (Wildman–Crippen MR) is 137 cm³/mol. The first-order valence-electron chi connectivity index (χ1n) is 12.2. The number of hydrogen-bond acceptors (Lipinski definition) is 3. The quantitative estimate of drug-likeness (QED) is 0.353. The maximum absolute atomic E-state index is 13.6. The Bertz CT molecular complexity index is 1240. The summed E-state index contributed by atoms with van der Waals surface area (Å²) in [6.07, 6.45) is 3.80. The Kier molecular flexibility index (Phi) is 6.61. The molecule has 0 bridgehead atoms. The van der Waals surface area contributed by atoms with Gasteiger partial charge in [0.15, 0.2) is 5.78 Å². The number of aromatic nitrogens is 1. The van der Waals surface area contributed by atoms with Crippen LogP contribution < -0.4 is 0 Å². The molecule has 0 amide bonds. The van der Waals surface area contributed by atoms with Gasteiger partial charge in [-0.2, -0.15) is 0 Å². The number of H-pyrrole nitrogens is 1. The smallest absolute Gasteiger partial charge is 0.195 e. The molecule has 174 valence electrons. The van der Waals surface area contributed by atoms with E-state index in [4.69, 9.17) is 0 Å². The van der Waals surface area contributed by atoms with E-state index < -0.39 is 6.10 Å². The van der Waals surface area contributed by atoms with Crippen molar-refractivity contribution in [1.29, 1.82) is 0 Å². The lowest BCUT2D eigenvalue weighted by Gasteiger charge is -2.39. The minimum atomic E-state index is -1.13. The van der Waals surface area contributed by atoms with E-state index in [-0.39, 0.29) is 11.8 Å². The lowest BCUT2D eigenvalue weighted by atomic mass is 9.87. The molecule has 2 N–H and O–H groups in total. The highest BCUT2D eigenvalue weighted by molar-refractivity contribution is 6.10. The molecule has 0 radical (unpaired) electrons. The summed E-state index contributed by atoms with van der Waals surface area (Å²) in [6, 6.07) is 26.3. The van der Waals surface area contributed by atoms with Gasteiger partial charge in [-0.1, -0.05) is 78.4 Å². The van der Waals surface area contributed by atoms with Gasteiger partial charge in [-0.05, 0) is 62.4 Å². The Morgan fingerprint density at radius 3 is 2.38 bits per heavy atom. The zero-order valence-electron chi connectivity index (χ0n) is 19.7. The fourth-order valence-corrected chi connectivity index (χ4v) is 5.32. The number of Topliss-reactive ketones (excluding diaryl/α,β-unsaturated/α-hetero) is 1. The first kappa shape index (κ1) is 22.6. The second-order valence-corrected chi connectivity index (χ2v) is 9.58. The monoisotopic (exact) mass is 452 g/mol. The molecule has 1 fully saturated rings. The molecule has 4 heteroatoms. The van der Waals surface area contributed by atoms with Crippen LogP contribution in [0, 0.1) is 12.8 Å². The van der Waals surface area contributed by atoms with Gasteiger partial charge in [0.25, 0.3) is 0 Å². The molecule has 0 spiro atoms. The van der Waals surface area contributed by atoms with Gasteiger partial charge in [0.2, 0.25) is 0 Å². The number of nitrogens with one attached hydrogen (secondary N) is 1. The topological polar surface area (TPSA) is 56.3 Å². The van der Waals surface area contributed by atoms with Crippen molar-refractivity contribution in [3.05, 3.63) is 107 Å². The van der Waals surface area contributed by atoms with Crippen LogP contribution in [0.2, 0.25) is 0 Å². The van der Waals surface area contributed by atoms with Gasteiger partial charge in [-0.3, -0.25) is 9.69 Å². The molecule has 1 aliphatic rings. The van der Waals surface area contributed by atoms with Gasteiger partial charge in [0.05, 0.1) is 6.04 Å². The van der Waals surface area contributed by atoms with Gasteiger partial charge in [-0.25, -0.2) is 0 Å². The summed E-state index contributed by atoms with van der Waals surface area (Å²) in [6.45, 7) is 3.80. The van der Waals surface area contributed by atoms with Crippen molar-refractivity contribution in [3.63, 3.8) is 0 Å². The van der Waals surface area contributed by atoms with Gasteiger partial charge >= 0.3 is 0 Å². The number of aromatic amines is 1. The summed E-state index contributed by atoms with van der Waals surface area (Å²) in [5.41, 5.74) is 5.01. The van der Waals surface area contributed by atoms with Crippen LogP contribution in [-0.4, -0.2) is 40.0 Å². The average molecular weight is 453 g/mol. The first-order chi connectivity index (χ1) is 16.6. The molecule has 5 rings (SSSR count). The van der Waals surface area contributed by atoms with Crippen LogP contribution in [0.3, 0.4) is 0 Å². The zero-order chi connectivity index (χ0) is 23.5. The van der Waals surface area contributed by atoms with Crippen LogP contribution in [0.15, 0.2) is 85.1 Å². The molecule has 0 aliphatic carbocycles. The fraction of sp³-hybridized carbons (Fsp3) is 0.300. The molecule has 1 aromatic heterocycles. The minimum Gasteiger partial charge on any atom is -0.383 e. The number of carbonyl (C=O) groups is 1. The molecule has 2 heterocycles. The van der Waals surface area contributed by atoms with Crippen molar-refractivity contribution in [2.24, 2.45) is 5.92 Å². The Labute approximate surface area is 201 Å². The number of para-hydroxylation sites is 1. The van der Waals surface area contributed by atoms with E-state index >= 15 is 0 Å². The van der Waals surface area contributed by atoms with E-state index in [1.807, 2.05) is 24.3 Å². The van der Waals surface area contributed by atoms with Crippen LogP contribution in [0.5, 0.6) is 0 Å². The summed E-state index contributed by atoms with van der Waals surface area (Å²) in [5.74, 6) is 0.396. The number of ketones is 1. The largest absolute Gasteiger partial charge is 0.383 e. The van der Waals surface area contributed by atoms with Crippen molar-refractivity contribution in [2.75, 3.05) is 13.1 Å². The molecule has 4 aromatic rings. The van der Waals surface area contributed by atoms with Crippen LogP contribution in [-0.2, 0) is 6.42 Å². The number of aliphatic hydroxyl groups excluding tert-OH is 1. The minimum absolute atomic E-state index is 0.227. The summed E-state index contributed by atoms with van der Waals surface area (Å²) in [4.78, 5) is 19.0. The summed E-state index contributed by atoms with van der Waals surface area (Å²) < 4.78 is 0. The van der Waals surface area contributed by atoms with E-state index in [9.17, 15) is 9.90 Å². The predicted octanol–water partition coefficient (Wildman–Crippen LogP) is 5.72. The highest BCUT2D eigenvalue weighted by Gasteiger charge is 2.36. The van der Waals surface area contributed by atoms with Crippen molar-refractivity contribution in [2.45, 2.75) is 38.3 Å². The van der Waals surface area contributed by atoms with Crippen molar-refractivity contribution in [3.8, 4) is 0 Å². The average Bonchev–Trinajstić information content (AvgIpc) is 3.31. The highest BCUT2D eigenvalue weighted by atomic mass is 16.3. The number of piperidine rings is 1. The normalized spacial score (nSPS) is 17.0. The summed E-state index contributed by atoms with van der Waals surface area (Å²) >= 11 is 0. The molecular weight excluding hydrogens is 420 g/mol. The lowest BCUT2D eigenvalue weighted by Crippen LogP contribution is -2.44. The van der Waals surface area contributed by atoms with E-state index in [1.165, 1.54) is 11.1 Å². The first-order valence-corrected chi connectivity index (χ1v) is 12.2. The number of aryl methyl sites for hydroxylation is 1. The lowest BCUT2D eigenvalue weighted by molar-refractivity contribution is 0.0265. The van der Waals surface area contributed by atoms with Gasteiger partial charge in [-0.15, -0.1) is 0 Å². The second kappa shape index (κ2) is 9.96. The number of aliphatic hydroxyl groups is 1. The van der Waals surface area contributed by atoms with Crippen LogP contribution >= 0.6 is 0 Å².